The molecule has 0 unspecified atom stereocenters. The van der Waals surface area contributed by atoms with Crippen molar-refractivity contribution in [1.82, 2.24) is 4.98 Å². The van der Waals surface area contributed by atoms with Gasteiger partial charge in [-0.1, -0.05) is 22.9 Å². The minimum atomic E-state index is -3.86. The number of hydrogen-bond acceptors (Lipinski definition) is 4. The Morgan fingerprint density at radius 1 is 1.14 bits per heavy atom. The second-order valence-electron chi connectivity index (χ2n) is 5.10. The van der Waals surface area contributed by atoms with E-state index in [2.05, 4.69) is 10.1 Å². The van der Waals surface area contributed by atoms with Crippen LogP contribution in [0.25, 0.3) is 0 Å². The number of hydrogen-bond donors (Lipinski definition) is 1. The van der Waals surface area contributed by atoms with Crippen LogP contribution in [0, 0.1) is 6.92 Å². The number of oxime groups is 1. The van der Waals surface area contributed by atoms with E-state index in [1.165, 1.54) is 12.1 Å². The Labute approximate surface area is 123 Å². The maximum absolute atomic E-state index is 12.1. The second kappa shape index (κ2) is 5.37. The van der Waals surface area contributed by atoms with Gasteiger partial charge in [-0.2, -0.15) is 8.42 Å². The van der Waals surface area contributed by atoms with Crippen molar-refractivity contribution >= 4 is 15.8 Å². The van der Waals surface area contributed by atoms with Crippen molar-refractivity contribution < 1.29 is 12.7 Å². The Kier molecular flexibility index (Phi) is 3.55. The Morgan fingerprint density at radius 3 is 2.67 bits per heavy atom. The van der Waals surface area contributed by atoms with E-state index in [-0.39, 0.29) is 4.90 Å². The van der Waals surface area contributed by atoms with Gasteiger partial charge >= 0.3 is 10.1 Å². The van der Waals surface area contributed by atoms with Crippen molar-refractivity contribution in [3.05, 3.63) is 53.3 Å². The molecule has 0 radical (unpaired) electrons. The van der Waals surface area contributed by atoms with Crippen LogP contribution >= 0.6 is 0 Å². The summed E-state index contributed by atoms with van der Waals surface area (Å²) in [6.07, 6.45) is 4.43. The molecule has 0 bridgehead atoms. The summed E-state index contributed by atoms with van der Waals surface area (Å²) in [6, 6.07) is 8.40. The van der Waals surface area contributed by atoms with Crippen molar-refractivity contribution in [3.63, 3.8) is 0 Å². The zero-order chi connectivity index (χ0) is 14.9. The van der Waals surface area contributed by atoms with Gasteiger partial charge in [0.1, 0.15) is 4.90 Å². The fourth-order valence-electron chi connectivity index (χ4n) is 2.39. The molecule has 1 aromatic carbocycles. The first-order valence-corrected chi connectivity index (χ1v) is 8.21. The number of fused-ring (bicyclic) bond motifs is 1. The summed E-state index contributed by atoms with van der Waals surface area (Å²) in [4.78, 5) is 3.25. The molecule has 110 valence electrons. The number of aromatic nitrogens is 1. The predicted octanol–water partition coefficient (Wildman–Crippen LogP) is 2.77. The summed E-state index contributed by atoms with van der Waals surface area (Å²) in [5, 5.41) is 3.88. The number of benzene rings is 1. The number of rotatable bonds is 3. The molecular formula is C15H16N2O3S. The zero-order valence-electron chi connectivity index (χ0n) is 11.7. The molecule has 5 nitrogen and oxygen atoms in total. The molecule has 0 amide bonds. The maximum Gasteiger partial charge on any atom is 0.358 e. The van der Waals surface area contributed by atoms with Gasteiger partial charge in [0, 0.05) is 17.5 Å². The van der Waals surface area contributed by atoms with Crippen LogP contribution in [0.1, 0.15) is 29.7 Å². The fraction of sp³-hybridized carbons (Fsp3) is 0.267. The van der Waals surface area contributed by atoms with Crippen molar-refractivity contribution in [1.29, 1.82) is 0 Å². The highest BCUT2D eigenvalue weighted by atomic mass is 32.2. The first-order valence-electron chi connectivity index (χ1n) is 6.80. The SMILES string of the molecule is Cc1ccc(S(=O)(=O)O/N=C2/CCCc3[nH]ccc32)cc1. The van der Waals surface area contributed by atoms with Crippen LogP contribution in [-0.4, -0.2) is 19.1 Å². The number of nitrogens with zero attached hydrogens (tertiary/aromatic N) is 1. The number of aromatic amines is 1. The third kappa shape index (κ3) is 2.85. The van der Waals surface area contributed by atoms with Gasteiger partial charge in [-0.15, -0.1) is 0 Å². The molecule has 21 heavy (non-hydrogen) atoms. The average molecular weight is 304 g/mol. The summed E-state index contributed by atoms with van der Waals surface area (Å²) in [7, 11) is -3.86. The molecule has 1 aromatic heterocycles. The van der Waals surface area contributed by atoms with Gasteiger partial charge in [-0.05, 0) is 44.4 Å². The molecule has 2 aromatic rings. The van der Waals surface area contributed by atoms with Crippen LogP contribution < -0.4 is 0 Å². The monoisotopic (exact) mass is 304 g/mol. The summed E-state index contributed by atoms with van der Waals surface area (Å²) in [6.45, 7) is 1.90. The summed E-state index contributed by atoms with van der Waals surface area (Å²) in [5.74, 6) is 0. The van der Waals surface area contributed by atoms with Crippen molar-refractivity contribution in [2.24, 2.45) is 5.16 Å². The number of nitrogens with one attached hydrogen (secondary N) is 1. The Morgan fingerprint density at radius 2 is 1.90 bits per heavy atom. The van der Waals surface area contributed by atoms with Gasteiger partial charge in [-0.25, -0.2) is 0 Å². The highest BCUT2D eigenvalue weighted by Crippen LogP contribution is 2.21. The van der Waals surface area contributed by atoms with Crippen molar-refractivity contribution in [2.45, 2.75) is 31.1 Å². The van der Waals surface area contributed by atoms with Crippen LogP contribution in [0.3, 0.4) is 0 Å². The minimum Gasteiger partial charge on any atom is -0.364 e. The van der Waals surface area contributed by atoms with Crippen LogP contribution in [0.4, 0.5) is 0 Å². The van der Waals surface area contributed by atoms with Gasteiger partial charge in [0.2, 0.25) is 0 Å². The molecule has 1 heterocycles. The molecule has 0 saturated heterocycles. The molecule has 6 heteroatoms. The molecule has 1 N–H and O–H groups in total. The third-order valence-electron chi connectivity index (χ3n) is 3.54. The van der Waals surface area contributed by atoms with E-state index < -0.39 is 10.1 Å². The van der Waals surface area contributed by atoms with E-state index in [1.807, 2.05) is 19.2 Å². The van der Waals surface area contributed by atoms with E-state index in [0.717, 1.165) is 29.7 Å². The summed E-state index contributed by atoms with van der Waals surface area (Å²) in [5.41, 5.74) is 3.69. The van der Waals surface area contributed by atoms with E-state index in [9.17, 15) is 8.42 Å². The van der Waals surface area contributed by atoms with E-state index in [1.54, 1.807) is 12.1 Å². The Balaban J connectivity index is 1.85. The standard InChI is InChI=1S/C15H16N2O3S/c1-11-5-7-12(8-6-11)21(18,19)20-17-15-4-2-3-14-13(15)9-10-16-14/h5-10,16H,2-4H2,1H3/b17-15-. The van der Waals surface area contributed by atoms with Gasteiger partial charge in [0.15, 0.2) is 0 Å². The Bertz CT molecular complexity index is 774. The van der Waals surface area contributed by atoms with Crippen molar-refractivity contribution in [2.75, 3.05) is 0 Å². The lowest BCUT2D eigenvalue weighted by Crippen LogP contribution is -2.12. The van der Waals surface area contributed by atoms with Crippen LogP contribution in [0.2, 0.25) is 0 Å². The minimum absolute atomic E-state index is 0.113. The first kappa shape index (κ1) is 13.9. The predicted molar refractivity (Wildman–Crippen MR) is 79.7 cm³/mol. The largest absolute Gasteiger partial charge is 0.364 e. The van der Waals surface area contributed by atoms with Crippen LogP contribution in [0.5, 0.6) is 0 Å². The summed E-state index contributed by atoms with van der Waals surface area (Å²) >= 11 is 0. The van der Waals surface area contributed by atoms with Gasteiger partial charge in [-0.3, -0.25) is 4.28 Å². The molecule has 0 atom stereocenters. The smallest absolute Gasteiger partial charge is 0.358 e. The number of H-pyrrole nitrogens is 1. The lowest BCUT2D eigenvalue weighted by atomic mass is 9.96. The second-order valence-corrected chi connectivity index (χ2v) is 6.63. The van der Waals surface area contributed by atoms with Crippen LogP contribution in [0.15, 0.2) is 46.6 Å². The van der Waals surface area contributed by atoms with Gasteiger partial charge in [0.25, 0.3) is 0 Å². The van der Waals surface area contributed by atoms with Crippen molar-refractivity contribution in [3.8, 4) is 0 Å². The average Bonchev–Trinajstić information content (AvgIpc) is 2.94. The van der Waals surface area contributed by atoms with Crippen LogP contribution in [-0.2, 0) is 20.8 Å². The fourth-order valence-corrected chi connectivity index (χ4v) is 3.13. The van der Waals surface area contributed by atoms with E-state index >= 15 is 0 Å². The molecule has 3 rings (SSSR count). The number of aryl methyl sites for hydroxylation is 2. The molecular weight excluding hydrogens is 288 g/mol. The lowest BCUT2D eigenvalue weighted by molar-refractivity contribution is 0.337. The first-order chi connectivity index (χ1) is 10.1. The summed E-state index contributed by atoms with van der Waals surface area (Å²) < 4.78 is 29.1. The quantitative estimate of drug-likeness (QED) is 0.886. The lowest BCUT2D eigenvalue weighted by Gasteiger charge is -2.13. The highest BCUT2D eigenvalue weighted by molar-refractivity contribution is 7.86. The molecule has 0 spiro atoms. The highest BCUT2D eigenvalue weighted by Gasteiger charge is 2.20. The Hall–Kier alpha value is -2.08. The molecule has 1 aliphatic rings. The molecule has 0 fully saturated rings. The normalized spacial score (nSPS) is 16.7. The zero-order valence-corrected chi connectivity index (χ0v) is 12.5. The third-order valence-corrected chi connectivity index (χ3v) is 4.66. The molecule has 0 aliphatic heterocycles. The van der Waals surface area contributed by atoms with Gasteiger partial charge in [0.05, 0.1) is 5.71 Å². The van der Waals surface area contributed by atoms with E-state index in [0.29, 0.717) is 12.1 Å². The maximum atomic E-state index is 12.1. The topological polar surface area (TPSA) is 71.5 Å². The van der Waals surface area contributed by atoms with Gasteiger partial charge < -0.3 is 4.98 Å². The molecule has 0 saturated carbocycles. The molecule has 1 aliphatic carbocycles. The van der Waals surface area contributed by atoms with E-state index in [4.69, 9.17) is 4.28 Å².